The van der Waals surface area contributed by atoms with Gasteiger partial charge < -0.3 is 29.6 Å². The number of nitrogens with zero attached hydrogens (tertiary/aromatic N) is 4. The third-order valence-electron chi connectivity index (χ3n) is 6.63. The van der Waals surface area contributed by atoms with Crippen molar-refractivity contribution in [3.63, 3.8) is 0 Å². The summed E-state index contributed by atoms with van der Waals surface area (Å²) in [5.74, 6) is -2.20. The predicted molar refractivity (Wildman–Crippen MR) is 168 cm³/mol. The van der Waals surface area contributed by atoms with Crippen molar-refractivity contribution in [2.45, 2.75) is 130 Å². The molecular formula is C30H47N7O10. The molecule has 1 saturated heterocycles. The largest absolute Gasteiger partial charge is 0.463 e. The van der Waals surface area contributed by atoms with Crippen LogP contribution < -0.4 is 21.9 Å². The number of H-pyrrole nitrogens is 1. The molecule has 0 bridgehead atoms. The van der Waals surface area contributed by atoms with E-state index in [2.05, 4.69) is 25.6 Å². The van der Waals surface area contributed by atoms with E-state index in [0.29, 0.717) is 0 Å². The maximum atomic E-state index is 13.3. The second kappa shape index (κ2) is 16.5. The van der Waals surface area contributed by atoms with E-state index >= 15 is 0 Å². The summed E-state index contributed by atoms with van der Waals surface area (Å²) < 4.78 is 23.1. The van der Waals surface area contributed by atoms with Gasteiger partial charge in [0, 0.05) is 29.5 Å². The Labute approximate surface area is 272 Å². The van der Waals surface area contributed by atoms with Crippen molar-refractivity contribution in [1.29, 1.82) is 0 Å². The molecule has 0 aromatic carbocycles. The SMILES string of the molecule is Cc1cn([C@H]2CC(N=[N+]=[N-])[C@@H](COC(=O)CCC(NC(=O)C(CC(C)C)NC(=O)OC(C)(C)C)C(=O)OC(C)(C)C)O2)c(=O)[nH]c1=O. The first-order valence-electron chi connectivity index (χ1n) is 15.4. The smallest absolute Gasteiger partial charge is 0.408 e. The first kappa shape index (κ1) is 38.8. The lowest BCUT2D eigenvalue weighted by molar-refractivity contribution is -0.159. The molecule has 0 aliphatic carbocycles. The number of nitrogens with one attached hydrogen (secondary N) is 3. The number of aromatic amines is 1. The van der Waals surface area contributed by atoms with Crippen molar-refractivity contribution in [3.05, 3.63) is 43.0 Å². The quantitative estimate of drug-likeness (QED) is 0.0916. The van der Waals surface area contributed by atoms with E-state index in [1.165, 1.54) is 13.1 Å². The minimum atomic E-state index is -1.26. The van der Waals surface area contributed by atoms with E-state index in [1.807, 2.05) is 13.8 Å². The molecule has 0 radical (unpaired) electrons. The summed E-state index contributed by atoms with van der Waals surface area (Å²) in [5, 5.41) is 8.85. The summed E-state index contributed by atoms with van der Waals surface area (Å²) in [4.78, 5) is 80.7. The molecule has 1 aromatic rings. The van der Waals surface area contributed by atoms with Crippen molar-refractivity contribution >= 4 is 23.9 Å². The third-order valence-corrected chi connectivity index (χ3v) is 6.63. The lowest BCUT2D eigenvalue weighted by Crippen LogP contribution is -2.53. The van der Waals surface area contributed by atoms with Crippen LogP contribution in [0.25, 0.3) is 10.4 Å². The molecule has 17 heteroatoms. The van der Waals surface area contributed by atoms with Gasteiger partial charge >= 0.3 is 23.7 Å². The number of carbonyl (C=O) groups excluding carboxylic acids is 4. The zero-order valence-corrected chi connectivity index (χ0v) is 28.4. The van der Waals surface area contributed by atoms with Gasteiger partial charge in [-0.05, 0) is 72.8 Å². The minimum Gasteiger partial charge on any atom is -0.463 e. The molecule has 1 aliphatic rings. The summed E-state index contributed by atoms with van der Waals surface area (Å²) in [6.45, 7) is 14.9. The van der Waals surface area contributed by atoms with Crippen LogP contribution in [0.1, 0.15) is 92.9 Å². The van der Waals surface area contributed by atoms with Crippen LogP contribution >= 0.6 is 0 Å². The van der Waals surface area contributed by atoms with Gasteiger partial charge in [0.2, 0.25) is 5.91 Å². The van der Waals surface area contributed by atoms with Crippen LogP contribution in [0.15, 0.2) is 20.9 Å². The summed E-state index contributed by atoms with van der Waals surface area (Å²) in [7, 11) is 0. The molecule has 2 heterocycles. The molecule has 3 unspecified atom stereocenters. The van der Waals surface area contributed by atoms with Crippen LogP contribution in [-0.4, -0.2) is 75.5 Å². The zero-order chi connectivity index (χ0) is 35.7. The number of carbonyl (C=O) groups is 4. The van der Waals surface area contributed by atoms with Gasteiger partial charge in [0.15, 0.2) is 0 Å². The van der Waals surface area contributed by atoms with Crippen LogP contribution in [0, 0.1) is 12.8 Å². The van der Waals surface area contributed by atoms with Crippen LogP contribution in [0.2, 0.25) is 0 Å². The molecule has 0 saturated carbocycles. The number of rotatable bonds is 13. The standard InChI is InChI=1S/C30H47N7O10/c1-16(2)12-20(33-28(43)47-30(7,8)9)25(40)32-18(26(41)46-29(4,5)6)10-11-23(38)44-15-21-19(35-36-31)13-22(45-21)37-14-17(3)24(39)34-27(37)42/h14,16,18-22H,10-13,15H2,1-9H3,(H,32,40)(H,33,43)(H,34,39,42)/t18?,19?,20?,21-,22-/m1/s1. The number of hydrogen-bond donors (Lipinski definition) is 3. The van der Waals surface area contributed by atoms with Gasteiger partial charge in [0.1, 0.15) is 42.2 Å². The molecular weight excluding hydrogens is 618 g/mol. The van der Waals surface area contributed by atoms with E-state index < -0.39 is 76.8 Å². The monoisotopic (exact) mass is 665 g/mol. The Hall–Kier alpha value is -4.37. The Balaban J connectivity index is 2.11. The fraction of sp³-hybridized carbons (Fsp3) is 0.733. The molecule has 262 valence electrons. The molecule has 2 amide bonds. The third kappa shape index (κ3) is 13.1. The van der Waals surface area contributed by atoms with Crippen LogP contribution in [0.4, 0.5) is 4.79 Å². The van der Waals surface area contributed by atoms with Gasteiger partial charge in [-0.15, -0.1) is 0 Å². The van der Waals surface area contributed by atoms with E-state index in [4.69, 9.17) is 24.5 Å². The highest BCUT2D eigenvalue weighted by Gasteiger charge is 2.37. The van der Waals surface area contributed by atoms with Crippen molar-refractivity contribution in [2.75, 3.05) is 6.61 Å². The van der Waals surface area contributed by atoms with Crippen LogP contribution in [0.5, 0.6) is 0 Å². The molecule has 17 nitrogen and oxygen atoms in total. The van der Waals surface area contributed by atoms with Crippen molar-refractivity contribution in [1.82, 2.24) is 20.2 Å². The van der Waals surface area contributed by atoms with E-state index in [0.717, 1.165) is 4.57 Å². The molecule has 5 atom stereocenters. The molecule has 2 rings (SSSR count). The normalized spacial score (nSPS) is 19.2. The Kier molecular flexibility index (Phi) is 13.6. The number of hydrogen-bond acceptors (Lipinski definition) is 11. The highest BCUT2D eigenvalue weighted by atomic mass is 16.6. The van der Waals surface area contributed by atoms with Gasteiger partial charge in [-0.1, -0.05) is 19.0 Å². The van der Waals surface area contributed by atoms with Crippen molar-refractivity contribution in [3.8, 4) is 0 Å². The average molecular weight is 666 g/mol. The highest BCUT2D eigenvalue weighted by Crippen LogP contribution is 2.30. The molecule has 1 fully saturated rings. The fourth-order valence-corrected chi connectivity index (χ4v) is 4.58. The van der Waals surface area contributed by atoms with Crippen LogP contribution in [-0.2, 0) is 33.3 Å². The summed E-state index contributed by atoms with van der Waals surface area (Å²) in [6.07, 6.45) is -1.46. The Morgan fingerprint density at radius 2 is 1.72 bits per heavy atom. The number of aryl methyl sites for hydroxylation is 1. The Morgan fingerprint density at radius 1 is 1.09 bits per heavy atom. The Bertz CT molecular complexity index is 1450. The molecule has 47 heavy (non-hydrogen) atoms. The maximum absolute atomic E-state index is 13.3. The second-order valence-corrected chi connectivity index (χ2v) is 13.8. The topological polar surface area (TPSA) is 233 Å². The first-order valence-corrected chi connectivity index (χ1v) is 15.4. The number of alkyl carbamates (subject to hydrolysis) is 1. The number of aromatic nitrogens is 2. The molecule has 0 spiro atoms. The van der Waals surface area contributed by atoms with Crippen LogP contribution in [0.3, 0.4) is 0 Å². The number of ether oxygens (including phenoxy) is 4. The van der Waals surface area contributed by atoms with Crippen molar-refractivity contribution in [2.24, 2.45) is 11.0 Å². The lowest BCUT2D eigenvalue weighted by atomic mass is 10.0. The predicted octanol–water partition coefficient (Wildman–Crippen LogP) is 2.90. The average Bonchev–Trinajstić information content (AvgIpc) is 3.31. The van der Waals surface area contributed by atoms with E-state index in [1.54, 1.807) is 41.5 Å². The molecule has 1 aromatic heterocycles. The number of esters is 2. The van der Waals surface area contributed by atoms with Gasteiger partial charge in [0.25, 0.3) is 5.56 Å². The van der Waals surface area contributed by atoms with E-state index in [9.17, 15) is 28.8 Å². The zero-order valence-electron chi connectivity index (χ0n) is 28.4. The maximum Gasteiger partial charge on any atom is 0.408 e. The molecule has 1 aliphatic heterocycles. The number of amides is 2. The van der Waals surface area contributed by atoms with Gasteiger partial charge in [0.05, 0.1) is 6.04 Å². The molecule has 3 N–H and O–H groups in total. The van der Waals surface area contributed by atoms with Gasteiger partial charge in [-0.2, -0.15) is 0 Å². The number of azide groups is 1. The van der Waals surface area contributed by atoms with Crippen molar-refractivity contribution < 1.29 is 38.1 Å². The Morgan fingerprint density at radius 3 is 2.30 bits per heavy atom. The highest BCUT2D eigenvalue weighted by molar-refractivity contribution is 5.90. The summed E-state index contributed by atoms with van der Waals surface area (Å²) in [5.41, 5.74) is 6.34. The van der Waals surface area contributed by atoms with E-state index in [-0.39, 0.29) is 43.8 Å². The van der Waals surface area contributed by atoms with Gasteiger partial charge in [-0.25, -0.2) is 14.4 Å². The summed E-state index contributed by atoms with van der Waals surface area (Å²) >= 11 is 0. The lowest BCUT2D eigenvalue weighted by Gasteiger charge is -2.27. The fourth-order valence-electron chi connectivity index (χ4n) is 4.58. The minimum absolute atomic E-state index is 0.00549. The second-order valence-electron chi connectivity index (χ2n) is 13.8. The summed E-state index contributed by atoms with van der Waals surface area (Å²) in [6, 6.07) is -3.09. The van der Waals surface area contributed by atoms with Gasteiger partial charge in [-0.3, -0.25) is 23.9 Å². The first-order chi connectivity index (χ1) is 21.7.